The molecule has 1 aromatic rings. The first-order valence-electron chi connectivity index (χ1n) is 5.40. The minimum absolute atomic E-state index is 0.00686. The van der Waals surface area contributed by atoms with E-state index in [0.717, 1.165) is 23.5 Å². The Balaban J connectivity index is 2.76. The van der Waals surface area contributed by atoms with E-state index in [1.54, 1.807) is 7.11 Å². The number of benzene rings is 1. The van der Waals surface area contributed by atoms with Crippen LogP contribution in [-0.4, -0.2) is 33.3 Å². The van der Waals surface area contributed by atoms with Crippen LogP contribution in [-0.2, 0) is 0 Å². The summed E-state index contributed by atoms with van der Waals surface area (Å²) >= 11 is 0. The molecule has 1 unspecified atom stereocenters. The minimum Gasteiger partial charge on any atom is -0.496 e. The Morgan fingerprint density at radius 1 is 1.44 bits per heavy atom. The van der Waals surface area contributed by atoms with Crippen LogP contribution in [0.3, 0.4) is 0 Å². The summed E-state index contributed by atoms with van der Waals surface area (Å²) in [6.07, 6.45) is 0. The lowest BCUT2D eigenvalue weighted by Gasteiger charge is -2.23. The predicted molar refractivity (Wildman–Crippen MR) is 68.0 cm³/mol. The van der Waals surface area contributed by atoms with E-state index in [4.69, 9.17) is 16.2 Å². The molecule has 1 atom stereocenters. The van der Waals surface area contributed by atoms with Crippen LogP contribution >= 0.6 is 0 Å². The second-order valence-electron chi connectivity index (χ2n) is 4.03. The van der Waals surface area contributed by atoms with Gasteiger partial charge in [-0.2, -0.15) is 0 Å². The minimum atomic E-state index is 0.00686. The number of likely N-dealkylation sites (N-methyl/N-ethyl adjacent to an activating group) is 1. The number of ether oxygens (including phenoxy) is 1. The third-order valence-electron chi connectivity index (χ3n) is 2.63. The maximum Gasteiger partial charge on any atom is 0.121 e. The maximum absolute atomic E-state index is 5.81. The molecule has 0 saturated heterocycles. The summed E-state index contributed by atoms with van der Waals surface area (Å²) in [5.74, 6) is 0.903. The molecule has 0 aliphatic heterocycles. The van der Waals surface area contributed by atoms with Crippen molar-refractivity contribution in [2.45, 2.75) is 13.0 Å². The molecule has 0 spiro atoms. The SMILES string of the molecule is COc1ccc(N(C)CC(N)CN)cc1C. The molecular weight excluding hydrogens is 202 g/mol. The highest BCUT2D eigenvalue weighted by atomic mass is 16.5. The zero-order valence-electron chi connectivity index (χ0n) is 10.2. The maximum atomic E-state index is 5.81. The van der Waals surface area contributed by atoms with Gasteiger partial charge in [0.05, 0.1) is 7.11 Å². The van der Waals surface area contributed by atoms with Crippen molar-refractivity contribution in [1.82, 2.24) is 0 Å². The van der Waals surface area contributed by atoms with E-state index in [1.807, 2.05) is 26.1 Å². The molecule has 0 heterocycles. The first kappa shape index (κ1) is 12.8. The highest BCUT2D eigenvalue weighted by Gasteiger charge is 2.07. The number of hydrogen-bond acceptors (Lipinski definition) is 4. The Bertz CT molecular complexity index is 341. The Morgan fingerprint density at radius 2 is 2.12 bits per heavy atom. The van der Waals surface area contributed by atoms with Crippen LogP contribution in [0, 0.1) is 6.92 Å². The quantitative estimate of drug-likeness (QED) is 0.772. The van der Waals surface area contributed by atoms with Crippen molar-refractivity contribution in [3.63, 3.8) is 0 Å². The molecular formula is C12H21N3O. The first-order chi connectivity index (χ1) is 7.58. The lowest BCUT2D eigenvalue weighted by Crippen LogP contribution is -2.40. The molecule has 0 aliphatic carbocycles. The van der Waals surface area contributed by atoms with E-state index in [2.05, 4.69) is 11.0 Å². The van der Waals surface area contributed by atoms with E-state index in [9.17, 15) is 0 Å². The summed E-state index contributed by atoms with van der Waals surface area (Å²) in [7, 11) is 3.69. The average molecular weight is 223 g/mol. The number of aryl methyl sites for hydroxylation is 1. The molecule has 4 N–H and O–H groups in total. The van der Waals surface area contributed by atoms with Crippen LogP contribution in [0.1, 0.15) is 5.56 Å². The summed E-state index contributed by atoms with van der Waals surface area (Å²) in [6, 6.07) is 6.08. The Morgan fingerprint density at radius 3 is 2.62 bits per heavy atom. The smallest absolute Gasteiger partial charge is 0.121 e. The summed E-state index contributed by atoms with van der Waals surface area (Å²) in [6.45, 7) is 3.28. The lowest BCUT2D eigenvalue weighted by molar-refractivity contribution is 0.411. The van der Waals surface area contributed by atoms with Crippen molar-refractivity contribution in [1.29, 1.82) is 0 Å². The third-order valence-corrected chi connectivity index (χ3v) is 2.63. The first-order valence-corrected chi connectivity index (χ1v) is 5.40. The molecule has 16 heavy (non-hydrogen) atoms. The van der Waals surface area contributed by atoms with Gasteiger partial charge in [-0.15, -0.1) is 0 Å². The van der Waals surface area contributed by atoms with Gasteiger partial charge in [0.25, 0.3) is 0 Å². The van der Waals surface area contributed by atoms with Gasteiger partial charge in [0, 0.05) is 31.9 Å². The Hall–Kier alpha value is -1.26. The van der Waals surface area contributed by atoms with Crippen molar-refractivity contribution in [2.24, 2.45) is 11.5 Å². The monoisotopic (exact) mass is 223 g/mol. The summed E-state index contributed by atoms with van der Waals surface area (Å²) in [4.78, 5) is 2.10. The number of nitrogens with zero attached hydrogens (tertiary/aromatic N) is 1. The molecule has 4 heteroatoms. The van der Waals surface area contributed by atoms with Gasteiger partial charge < -0.3 is 21.1 Å². The largest absolute Gasteiger partial charge is 0.496 e. The fourth-order valence-corrected chi connectivity index (χ4v) is 1.63. The number of methoxy groups -OCH3 is 1. The molecule has 0 radical (unpaired) electrons. The van der Waals surface area contributed by atoms with Gasteiger partial charge in [0.1, 0.15) is 5.75 Å². The predicted octanol–water partition coefficient (Wildman–Crippen LogP) is 0.726. The third kappa shape index (κ3) is 3.12. The highest BCUT2D eigenvalue weighted by Crippen LogP contribution is 2.23. The second kappa shape index (κ2) is 5.72. The van der Waals surface area contributed by atoms with Gasteiger partial charge in [0.15, 0.2) is 0 Å². The van der Waals surface area contributed by atoms with Gasteiger partial charge in [-0.25, -0.2) is 0 Å². The molecule has 0 aliphatic rings. The standard InChI is InChI=1S/C12H21N3O/c1-9-6-11(4-5-12(9)16-3)15(2)8-10(14)7-13/h4-6,10H,7-8,13-14H2,1-3H3. The molecule has 0 aromatic heterocycles. The van der Waals surface area contributed by atoms with Crippen LogP contribution < -0.4 is 21.1 Å². The van der Waals surface area contributed by atoms with E-state index >= 15 is 0 Å². The van der Waals surface area contributed by atoms with Gasteiger partial charge in [0.2, 0.25) is 0 Å². The van der Waals surface area contributed by atoms with E-state index in [0.29, 0.717) is 6.54 Å². The van der Waals surface area contributed by atoms with Crippen molar-refractivity contribution in [2.75, 3.05) is 32.1 Å². The summed E-state index contributed by atoms with van der Waals surface area (Å²) in [5, 5.41) is 0. The summed E-state index contributed by atoms with van der Waals surface area (Å²) < 4.78 is 5.22. The molecule has 1 rings (SSSR count). The second-order valence-corrected chi connectivity index (χ2v) is 4.03. The molecule has 1 aromatic carbocycles. The number of hydrogen-bond donors (Lipinski definition) is 2. The molecule has 4 nitrogen and oxygen atoms in total. The molecule has 0 fully saturated rings. The summed E-state index contributed by atoms with van der Waals surface area (Å²) in [5.41, 5.74) is 13.6. The lowest BCUT2D eigenvalue weighted by atomic mass is 10.2. The van der Waals surface area contributed by atoms with Gasteiger partial charge in [-0.05, 0) is 30.7 Å². The van der Waals surface area contributed by atoms with Gasteiger partial charge >= 0.3 is 0 Å². The number of anilines is 1. The Labute approximate surface area is 97.2 Å². The van der Waals surface area contributed by atoms with Crippen LogP contribution in [0.4, 0.5) is 5.69 Å². The highest BCUT2D eigenvalue weighted by molar-refractivity contribution is 5.52. The fraction of sp³-hybridized carbons (Fsp3) is 0.500. The molecule has 0 bridgehead atoms. The molecule has 90 valence electrons. The Kier molecular flexibility index (Phi) is 4.58. The van der Waals surface area contributed by atoms with Crippen LogP contribution in [0.15, 0.2) is 18.2 Å². The molecule has 0 amide bonds. The van der Waals surface area contributed by atoms with Crippen molar-refractivity contribution in [3.05, 3.63) is 23.8 Å². The van der Waals surface area contributed by atoms with Crippen LogP contribution in [0.25, 0.3) is 0 Å². The van der Waals surface area contributed by atoms with Gasteiger partial charge in [-0.1, -0.05) is 0 Å². The van der Waals surface area contributed by atoms with Gasteiger partial charge in [-0.3, -0.25) is 0 Å². The topological polar surface area (TPSA) is 64.5 Å². The number of rotatable bonds is 5. The van der Waals surface area contributed by atoms with Crippen molar-refractivity contribution in [3.8, 4) is 5.75 Å². The van der Waals surface area contributed by atoms with Crippen LogP contribution in [0.2, 0.25) is 0 Å². The van der Waals surface area contributed by atoms with E-state index in [1.165, 1.54) is 0 Å². The van der Waals surface area contributed by atoms with Crippen LogP contribution in [0.5, 0.6) is 5.75 Å². The normalized spacial score (nSPS) is 12.3. The zero-order valence-corrected chi connectivity index (χ0v) is 10.2. The zero-order chi connectivity index (χ0) is 12.1. The fourth-order valence-electron chi connectivity index (χ4n) is 1.63. The van der Waals surface area contributed by atoms with Crippen molar-refractivity contribution >= 4 is 5.69 Å². The van der Waals surface area contributed by atoms with E-state index < -0.39 is 0 Å². The number of nitrogens with two attached hydrogens (primary N) is 2. The molecule has 0 saturated carbocycles. The average Bonchev–Trinajstić information content (AvgIpc) is 2.28. The van der Waals surface area contributed by atoms with E-state index in [-0.39, 0.29) is 6.04 Å². The van der Waals surface area contributed by atoms with Crippen molar-refractivity contribution < 1.29 is 4.74 Å².